The number of hydrogen-bond donors (Lipinski definition) is 1. The smallest absolute Gasteiger partial charge is 0.258 e. The molecule has 6 heteroatoms. The van der Waals surface area contributed by atoms with E-state index in [4.69, 9.17) is 16.3 Å². The van der Waals surface area contributed by atoms with Crippen LogP contribution in [-0.2, 0) is 16.0 Å². The van der Waals surface area contributed by atoms with Crippen LogP contribution in [0, 0.1) is 0 Å². The maximum atomic E-state index is 12.6. The number of carbonyl (C=O) groups is 2. The molecule has 1 atom stereocenters. The third-order valence-electron chi connectivity index (χ3n) is 4.08. The van der Waals surface area contributed by atoms with Crippen molar-refractivity contribution in [1.82, 2.24) is 5.32 Å². The number of fused-ring (bicyclic) bond motifs is 1. The van der Waals surface area contributed by atoms with E-state index in [-0.39, 0.29) is 18.4 Å². The highest BCUT2D eigenvalue weighted by atomic mass is 35.5. The van der Waals surface area contributed by atoms with E-state index < -0.39 is 6.04 Å². The van der Waals surface area contributed by atoms with E-state index >= 15 is 0 Å². The van der Waals surface area contributed by atoms with Gasteiger partial charge < -0.3 is 15.0 Å². The van der Waals surface area contributed by atoms with Gasteiger partial charge in [-0.25, -0.2) is 0 Å². The maximum Gasteiger partial charge on any atom is 0.258 e. The highest BCUT2D eigenvalue weighted by Gasteiger charge is 2.28. The molecule has 130 valence electrons. The quantitative estimate of drug-likeness (QED) is 0.894. The molecular formula is C19H19ClN2O3. The molecule has 0 fully saturated rings. The zero-order valence-electron chi connectivity index (χ0n) is 13.9. The summed E-state index contributed by atoms with van der Waals surface area (Å²) in [6.07, 6.45) is 0.836. The fourth-order valence-electron chi connectivity index (χ4n) is 2.83. The zero-order valence-corrected chi connectivity index (χ0v) is 14.6. The van der Waals surface area contributed by atoms with Gasteiger partial charge in [-0.2, -0.15) is 0 Å². The first kappa shape index (κ1) is 17.3. The number of ether oxygens (including phenoxy) is 1. The largest absolute Gasteiger partial charge is 0.484 e. The lowest BCUT2D eigenvalue weighted by Gasteiger charge is -2.22. The van der Waals surface area contributed by atoms with Crippen LogP contribution in [0.3, 0.4) is 0 Å². The van der Waals surface area contributed by atoms with Crippen molar-refractivity contribution in [3.8, 4) is 5.75 Å². The molecule has 25 heavy (non-hydrogen) atoms. The average Bonchev–Trinajstić information content (AvgIpc) is 3.04. The fraction of sp³-hybridized carbons (Fsp3) is 0.263. The topological polar surface area (TPSA) is 58.6 Å². The Kier molecular flexibility index (Phi) is 5.24. The molecule has 0 saturated heterocycles. The lowest BCUT2D eigenvalue weighted by Crippen LogP contribution is -2.47. The lowest BCUT2D eigenvalue weighted by atomic mass is 10.2. The van der Waals surface area contributed by atoms with Crippen LogP contribution < -0.4 is 15.0 Å². The first-order valence-electron chi connectivity index (χ1n) is 8.11. The van der Waals surface area contributed by atoms with E-state index in [1.165, 1.54) is 0 Å². The highest BCUT2D eigenvalue weighted by molar-refractivity contribution is 6.30. The minimum atomic E-state index is -0.618. The first-order valence-corrected chi connectivity index (χ1v) is 8.49. The van der Waals surface area contributed by atoms with Crippen molar-refractivity contribution in [2.24, 2.45) is 0 Å². The number of halogens is 1. The van der Waals surface area contributed by atoms with Crippen LogP contribution in [0.2, 0.25) is 5.02 Å². The third kappa shape index (κ3) is 4.12. The number of hydrogen-bond acceptors (Lipinski definition) is 3. The highest BCUT2D eigenvalue weighted by Crippen LogP contribution is 2.27. The Hall–Kier alpha value is -2.53. The maximum absolute atomic E-state index is 12.6. The molecule has 0 unspecified atom stereocenters. The van der Waals surface area contributed by atoms with Crippen LogP contribution in [0.25, 0.3) is 0 Å². The van der Waals surface area contributed by atoms with Crippen LogP contribution >= 0.6 is 11.6 Å². The number of nitrogens with zero attached hydrogens (tertiary/aromatic N) is 1. The number of nitrogens with one attached hydrogen (secondary N) is 1. The summed E-state index contributed by atoms with van der Waals surface area (Å²) in [6, 6.07) is 13.9. The van der Waals surface area contributed by atoms with E-state index in [2.05, 4.69) is 5.32 Å². The summed E-state index contributed by atoms with van der Waals surface area (Å²) >= 11 is 5.80. The monoisotopic (exact) mass is 358 g/mol. The molecule has 0 saturated carbocycles. The third-order valence-corrected chi connectivity index (χ3v) is 4.34. The van der Waals surface area contributed by atoms with E-state index in [1.807, 2.05) is 24.3 Å². The average molecular weight is 359 g/mol. The Balaban J connectivity index is 1.53. The van der Waals surface area contributed by atoms with Gasteiger partial charge in [-0.05, 0) is 49.2 Å². The molecule has 1 aliphatic heterocycles. The van der Waals surface area contributed by atoms with Gasteiger partial charge in [-0.15, -0.1) is 0 Å². The molecule has 0 radical (unpaired) electrons. The number of anilines is 1. The summed E-state index contributed by atoms with van der Waals surface area (Å²) < 4.78 is 5.39. The number of para-hydroxylation sites is 1. The summed E-state index contributed by atoms with van der Waals surface area (Å²) in [4.78, 5) is 26.4. The Morgan fingerprint density at radius 3 is 2.68 bits per heavy atom. The van der Waals surface area contributed by atoms with E-state index in [9.17, 15) is 9.59 Å². The second-order valence-corrected chi connectivity index (χ2v) is 6.34. The molecule has 0 aromatic heterocycles. The van der Waals surface area contributed by atoms with Gasteiger partial charge in [0.2, 0.25) is 5.91 Å². The van der Waals surface area contributed by atoms with Gasteiger partial charge in [-0.3, -0.25) is 9.59 Å². The van der Waals surface area contributed by atoms with E-state index in [1.54, 1.807) is 36.1 Å². The van der Waals surface area contributed by atoms with Gasteiger partial charge in [0.05, 0.1) is 0 Å². The molecule has 5 nitrogen and oxygen atoms in total. The van der Waals surface area contributed by atoms with Gasteiger partial charge in [0, 0.05) is 17.3 Å². The molecule has 2 aromatic rings. The Morgan fingerprint density at radius 2 is 1.92 bits per heavy atom. The van der Waals surface area contributed by atoms with Gasteiger partial charge in [0.25, 0.3) is 5.91 Å². The number of rotatable bonds is 5. The van der Waals surface area contributed by atoms with Gasteiger partial charge in [-0.1, -0.05) is 29.8 Å². The Morgan fingerprint density at radius 1 is 1.20 bits per heavy atom. The van der Waals surface area contributed by atoms with Crippen molar-refractivity contribution in [3.05, 3.63) is 59.1 Å². The molecule has 0 spiro atoms. The molecule has 3 rings (SSSR count). The Labute approximate surface area is 151 Å². The number of amides is 2. The minimum absolute atomic E-state index is 0.121. The summed E-state index contributed by atoms with van der Waals surface area (Å²) in [5, 5.41) is 3.29. The molecule has 1 heterocycles. The van der Waals surface area contributed by atoms with Crippen LogP contribution in [0.4, 0.5) is 5.69 Å². The normalized spacial score (nSPS) is 13.9. The van der Waals surface area contributed by atoms with Crippen molar-refractivity contribution in [2.75, 3.05) is 18.1 Å². The first-order chi connectivity index (χ1) is 12.0. The summed E-state index contributed by atoms with van der Waals surface area (Å²) in [6.45, 7) is 2.17. The van der Waals surface area contributed by atoms with E-state index in [0.717, 1.165) is 17.7 Å². The molecule has 2 aromatic carbocycles. The summed E-state index contributed by atoms with van der Waals surface area (Å²) in [5.41, 5.74) is 2.08. The van der Waals surface area contributed by atoms with Crippen LogP contribution in [-0.4, -0.2) is 31.0 Å². The van der Waals surface area contributed by atoms with Crippen molar-refractivity contribution in [1.29, 1.82) is 0 Å². The van der Waals surface area contributed by atoms with Crippen molar-refractivity contribution in [2.45, 2.75) is 19.4 Å². The molecule has 0 bridgehead atoms. The predicted octanol–water partition coefficient (Wildman–Crippen LogP) is 2.81. The summed E-state index contributed by atoms with van der Waals surface area (Å²) in [5.74, 6) is 0.0834. The van der Waals surface area contributed by atoms with Crippen molar-refractivity contribution < 1.29 is 14.3 Å². The summed E-state index contributed by atoms with van der Waals surface area (Å²) in [7, 11) is 0. The van der Waals surface area contributed by atoms with Gasteiger partial charge >= 0.3 is 0 Å². The number of carbonyl (C=O) groups excluding carboxylic acids is 2. The molecular weight excluding hydrogens is 340 g/mol. The predicted molar refractivity (Wildman–Crippen MR) is 97.1 cm³/mol. The minimum Gasteiger partial charge on any atom is -0.484 e. The molecule has 0 aliphatic carbocycles. The molecule has 2 amide bonds. The van der Waals surface area contributed by atoms with Gasteiger partial charge in [0.15, 0.2) is 6.61 Å². The SMILES string of the molecule is C[C@@H](NC(=O)COc1ccc(Cl)cc1)C(=O)N1CCc2ccccc21. The fourth-order valence-corrected chi connectivity index (χ4v) is 2.95. The van der Waals surface area contributed by atoms with Crippen LogP contribution in [0.5, 0.6) is 5.75 Å². The molecule has 1 aliphatic rings. The van der Waals surface area contributed by atoms with Crippen molar-refractivity contribution in [3.63, 3.8) is 0 Å². The molecule has 1 N–H and O–H groups in total. The van der Waals surface area contributed by atoms with Crippen molar-refractivity contribution >= 4 is 29.1 Å². The van der Waals surface area contributed by atoms with Gasteiger partial charge in [0.1, 0.15) is 11.8 Å². The van der Waals surface area contributed by atoms with Crippen LogP contribution in [0.1, 0.15) is 12.5 Å². The standard InChI is InChI=1S/C19H19ClN2O3/c1-13(19(24)22-11-10-14-4-2-3-5-17(14)22)21-18(23)12-25-16-8-6-15(20)7-9-16/h2-9,13H,10-12H2,1H3,(H,21,23)/t13-/m1/s1. The Bertz CT molecular complexity index is 776. The number of benzene rings is 2. The zero-order chi connectivity index (χ0) is 17.8. The van der Waals surface area contributed by atoms with E-state index in [0.29, 0.717) is 17.3 Å². The van der Waals surface area contributed by atoms with Crippen LogP contribution in [0.15, 0.2) is 48.5 Å². The second kappa shape index (κ2) is 7.57. The lowest BCUT2D eigenvalue weighted by molar-refractivity contribution is -0.128. The second-order valence-electron chi connectivity index (χ2n) is 5.90.